The molecule has 0 spiro atoms. The fourth-order valence-corrected chi connectivity index (χ4v) is 1.37. The van der Waals surface area contributed by atoms with Crippen LogP contribution in [0.2, 0.25) is 0 Å². The first-order chi connectivity index (χ1) is 7.24. The Bertz CT molecular complexity index is 302. The standard InChI is InChI=1S/C14H20O/c1-4-7-13-8-5-6-9-14(13)15-11-10-12(2)3/h4-6,8-9,12H,1,7,10-11H2,2-3H3. The maximum atomic E-state index is 5.75. The average molecular weight is 204 g/mol. The Balaban J connectivity index is 2.55. The minimum atomic E-state index is 0.691. The summed E-state index contributed by atoms with van der Waals surface area (Å²) in [5.74, 6) is 1.69. The first-order valence-corrected chi connectivity index (χ1v) is 5.55. The van der Waals surface area contributed by atoms with Crippen LogP contribution in [0.3, 0.4) is 0 Å². The zero-order chi connectivity index (χ0) is 11.1. The van der Waals surface area contributed by atoms with Crippen molar-refractivity contribution in [3.63, 3.8) is 0 Å². The Hall–Kier alpha value is -1.24. The van der Waals surface area contributed by atoms with Crippen molar-refractivity contribution in [2.24, 2.45) is 5.92 Å². The van der Waals surface area contributed by atoms with Gasteiger partial charge >= 0.3 is 0 Å². The molecule has 0 bridgehead atoms. The van der Waals surface area contributed by atoms with Gasteiger partial charge in [0.15, 0.2) is 0 Å². The van der Waals surface area contributed by atoms with Gasteiger partial charge in [-0.25, -0.2) is 0 Å². The fraction of sp³-hybridized carbons (Fsp3) is 0.429. The summed E-state index contributed by atoms with van der Waals surface area (Å²) in [6.07, 6.45) is 3.88. The van der Waals surface area contributed by atoms with Gasteiger partial charge in [-0.1, -0.05) is 38.1 Å². The van der Waals surface area contributed by atoms with Crippen LogP contribution in [0.5, 0.6) is 5.75 Å². The Labute approximate surface area is 92.8 Å². The topological polar surface area (TPSA) is 9.23 Å². The summed E-state index contributed by atoms with van der Waals surface area (Å²) < 4.78 is 5.75. The van der Waals surface area contributed by atoms with Gasteiger partial charge in [-0.3, -0.25) is 0 Å². The lowest BCUT2D eigenvalue weighted by molar-refractivity contribution is 0.287. The minimum absolute atomic E-state index is 0.691. The van der Waals surface area contributed by atoms with Gasteiger partial charge in [0.1, 0.15) is 5.75 Å². The zero-order valence-corrected chi connectivity index (χ0v) is 9.70. The maximum Gasteiger partial charge on any atom is 0.122 e. The van der Waals surface area contributed by atoms with Crippen LogP contribution in [0, 0.1) is 5.92 Å². The maximum absolute atomic E-state index is 5.75. The second-order valence-corrected chi connectivity index (χ2v) is 4.13. The molecule has 0 saturated heterocycles. The number of para-hydroxylation sites is 1. The number of benzene rings is 1. The Morgan fingerprint density at radius 3 is 2.73 bits per heavy atom. The fourth-order valence-electron chi connectivity index (χ4n) is 1.37. The molecule has 0 saturated carbocycles. The quantitative estimate of drug-likeness (QED) is 0.640. The predicted octanol–water partition coefficient (Wildman–Crippen LogP) is 3.84. The monoisotopic (exact) mass is 204 g/mol. The van der Waals surface area contributed by atoms with Crippen molar-refractivity contribution in [3.05, 3.63) is 42.5 Å². The van der Waals surface area contributed by atoms with Crippen LogP contribution < -0.4 is 4.74 Å². The molecular formula is C14H20O. The van der Waals surface area contributed by atoms with E-state index in [1.54, 1.807) is 0 Å². The lowest BCUT2D eigenvalue weighted by Crippen LogP contribution is -2.03. The van der Waals surface area contributed by atoms with E-state index in [-0.39, 0.29) is 0 Å². The van der Waals surface area contributed by atoms with Gasteiger partial charge in [0.2, 0.25) is 0 Å². The molecule has 1 aromatic rings. The van der Waals surface area contributed by atoms with Gasteiger partial charge in [0.25, 0.3) is 0 Å². The van der Waals surface area contributed by atoms with E-state index in [1.165, 1.54) is 5.56 Å². The smallest absolute Gasteiger partial charge is 0.122 e. The van der Waals surface area contributed by atoms with Crippen molar-refractivity contribution in [2.75, 3.05) is 6.61 Å². The molecule has 1 nitrogen and oxygen atoms in total. The average Bonchev–Trinajstić information content (AvgIpc) is 2.20. The van der Waals surface area contributed by atoms with Gasteiger partial charge in [0.05, 0.1) is 6.61 Å². The zero-order valence-electron chi connectivity index (χ0n) is 9.70. The van der Waals surface area contributed by atoms with Gasteiger partial charge in [-0.15, -0.1) is 6.58 Å². The molecule has 0 aliphatic heterocycles. The Kier molecular flexibility index (Phi) is 4.96. The van der Waals surface area contributed by atoms with E-state index in [0.29, 0.717) is 5.92 Å². The molecule has 0 N–H and O–H groups in total. The van der Waals surface area contributed by atoms with E-state index >= 15 is 0 Å². The summed E-state index contributed by atoms with van der Waals surface area (Å²) in [7, 11) is 0. The number of hydrogen-bond acceptors (Lipinski definition) is 1. The van der Waals surface area contributed by atoms with E-state index < -0.39 is 0 Å². The molecule has 0 aliphatic rings. The van der Waals surface area contributed by atoms with E-state index in [9.17, 15) is 0 Å². The van der Waals surface area contributed by atoms with Crippen LogP contribution in [-0.4, -0.2) is 6.61 Å². The lowest BCUT2D eigenvalue weighted by Gasteiger charge is -2.11. The number of hydrogen-bond donors (Lipinski definition) is 0. The third kappa shape index (κ3) is 4.20. The van der Waals surface area contributed by atoms with Gasteiger partial charge in [0, 0.05) is 0 Å². The molecule has 0 amide bonds. The van der Waals surface area contributed by atoms with Crippen LogP contribution in [0.1, 0.15) is 25.8 Å². The minimum Gasteiger partial charge on any atom is -0.493 e. The van der Waals surface area contributed by atoms with E-state index in [1.807, 2.05) is 24.3 Å². The highest BCUT2D eigenvalue weighted by atomic mass is 16.5. The predicted molar refractivity (Wildman–Crippen MR) is 65.3 cm³/mol. The number of rotatable bonds is 6. The third-order valence-electron chi connectivity index (χ3n) is 2.29. The summed E-state index contributed by atoms with van der Waals surface area (Å²) in [4.78, 5) is 0. The molecule has 0 aliphatic carbocycles. The number of allylic oxidation sites excluding steroid dienone is 1. The van der Waals surface area contributed by atoms with Gasteiger partial charge in [-0.2, -0.15) is 0 Å². The van der Waals surface area contributed by atoms with Crippen LogP contribution in [0.25, 0.3) is 0 Å². The van der Waals surface area contributed by atoms with Crippen molar-refractivity contribution >= 4 is 0 Å². The van der Waals surface area contributed by atoms with E-state index in [2.05, 4.69) is 26.5 Å². The molecular weight excluding hydrogens is 184 g/mol. The number of ether oxygens (including phenoxy) is 1. The Morgan fingerprint density at radius 2 is 2.07 bits per heavy atom. The Morgan fingerprint density at radius 1 is 1.33 bits per heavy atom. The molecule has 0 aromatic heterocycles. The molecule has 1 aromatic carbocycles. The first-order valence-electron chi connectivity index (χ1n) is 5.55. The van der Waals surface area contributed by atoms with Crippen LogP contribution in [0.4, 0.5) is 0 Å². The van der Waals surface area contributed by atoms with Gasteiger partial charge in [-0.05, 0) is 30.4 Å². The highest BCUT2D eigenvalue weighted by Gasteiger charge is 2.01. The molecule has 15 heavy (non-hydrogen) atoms. The van der Waals surface area contributed by atoms with Crippen LogP contribution in [-0.2, 0) is 6.42 Å². The summed E-state index contributed by atoms with van der Waals surface area (Å²) in [5, 5.41) is 0. The molecule has 0 fully saturated rings. The molecule has 0 unspecified atom stereocenters. The largest absolute Gasteiger partial charge is 0.493 e. The molecule has 82 valence electrons. The summed E-state index contributed by atoms with van der Waals surface area (Å²) >= 11 is 0. The first kappa shape index (κ1) is 11.8. The summed E-state index contributed by atoms with van der Waals surface area (Å²) in [6, 6.07) is 8.16. The molecule has 0 heterocycles. The van der Waals surface area contributed by atoms with Crippen molar-refractivity contribution in [2.45, 2.75) is 26.7 Å². The second-order valence-electron chi connectivity index (χ2n) is 4.13. The van der Waals surface area contributed by atoms with E-state index in [0.717, 1.165) is 25.2 Å². The normalized spacial score (nSPS) is 10.3. The third-order valence-corrected chi connectivity index (χ3v) is 2.29. The molecule has 1 heteroatoms. The highest BCUT2D eigenvalue weighted by Crippen LogP contribution is 2.19. The van der Waals surface area contributed by atoms with Crippen molar-refractivity contribution in [1.29, 1.82) is 0 Å². The van der Waals surface area contributed by atoms with Gasteiger partial charge < -0.3 is 4.74 Å². The van der Waals surface area contributed by atoms with Crippen LogP contribution in [0.15, 0.2) is 36.9 Å². The van der Waals surface area contributed by atoms with Crippen molar-refractivity contribution in [3.8, 4) is 5.75 Å². The van der Waals surface area contributed by atoms with Crippen molar-refractivity contribution < 1.29 is 4.74 Å². The molecule has 0 radical (unpaired) electrons. The lowest BCUT2D eigenvalue weighted by atomic mass is 10.1. The SMILES string of the molecule is C=CCc1ccccc1OCCC(C)C. The summed E-state index contributed by atoms with van der Waals surface area (Å²) in [5.41, 5.74) is 1.22. The highest BCUT2D eigenvalue weighted by molar-refractivity contribution is 5.34. The van der Waals surface area contributed by atoms with Crippen LogP contribution >= 0.6 is 0 Å². The van der Waals surface area contributed by atoms with Crippen molar-refractivity contribution in [1.82, 2.24) is 0 Å². The van der Waals surface area contributed by atoms with E-state index in [4.69, 9.17) is 4.74 Å². The summed E-state index contributed by atoms with van der Waals surface area (Å²) in [6.45, 7) is 8.96. The molecule has 0 atom stereocenters. The molecule has 1 rings (SSSR count). The second kappa shape index (κ2) is 6.28.